The molecule has 3 rings (SSSR count). The maximum atomic E-state index is 12.5. The standard InChI is InChI=1S/C18H19ClN2O3S/c1-11(10-19)13(9-15(22)24-2)21-17(23)16-18(21)25-14(20-16)8-12-6-4-3-5-7-12/h3-7,13,16,18H,1,8-10H2,2H3. The normalized spacial score (nSPS) is 22.7. The van der Waals surface area contributed by atoms with Crippen LogP contribution in [0.15, 0.2) is 47.5 Å². The fourth-order valence-corrected chi connectivity index (χ4v) is 4.55. The van der Waals surface area contributed by atoms with Gasteiger partial charge in [0.25, 0.3) is 5.91 Å². The van der Waals surface area contributed by atoms with Crippen molar-refractivity contribution < 1.29 is 14.3 Å². The lowest BCUT2D eigenvalue weighted by Gasteiger charge is -2.46. The molecular weight excluding hydrogens is 360 g/mol. The number of halogens is 1. The molecule has 0 aromatic heterocycles. The summed E-state index contributed by atoms with van der Waals surface area (Å²) >= 11 is 7.48. The first-order valence-electron chi connectivity index (χ1n) is 7.95. The molecule has 132 valence electrons. The van der Waals surface area contributed by atoms with E-state index in [9.17, 15) is 9.59 Å². The number of alkyl halides is 1. The summed E-state index contributed by atoms with van der Waals surface area (Å²) < 4.78 is 4.74. The van der Waals surface area contributed by atoms with Gasteiger partial charge in [-0.1, -0.05) is 48.7 Å². The molecule has 0 spiro atoms. The highest BCUT2D eigenvalue weighted by atomic mass is 35.5. The number of nitrogens with zero attached hydrogens (tertiary/aromatic N) is 2. The van der Waals surface area contributed by atoms with Gasteiger partial charge in [0.05, 0.1) is 24.6 Å². The van der Waals surface area contributed by atoms with E-state index in [0.717, 1.165) is 10.6 Å². The SMILES string of the molecule is C=C(CCl)C(CC(=O)OC)N1C(=O)C2N=C(Cc3ccccc3)SC21. The van der Waals surface area contributed by atoms with Crippen molar-refractivity contribution in [3.63, 3.8) is 0 Å². The number of thioether (sulfide) groups is 1. The second-order valence-electron chi connectivity index (χ2n) is 5.97. The molecule has 1 amide bonds. The van der Waals surface area contributed by atoms with E-state index in [2.05, 4.69) is 11.6 Å². The maximum absolute atomic E-state index is 12.5. The minimum atomic E-state index is -0.447. The Morgan fingerprint density at radius 3 is 2.80 bits per heavy atom. The number of hydrogen-bond donors (Lipinski definition) is 0. The molecular formula is C18H19ClN2O3S. The average Bonchev–Trinajstić information content (AvgIpc) is 2.99. The largest absolute Gasteiger partial charge is 0.469 e. The summed E-state index contributed by atoms with van der Waals surface area (Å²) in [5.41, 5.74) is 1.79. The van der Waals surface area contributed by atoms with E-state index in [1.807, 2.05) is 30.3 Å². The van der Waals surface area contributed by atoms with Crippen molar-refractivity contribution >= 4 is 40.3 Å². The lowest BCUT2D eigenvalue weighted by Crippen LogP contribution is -2.65. The number of esters is 1. The monoisotopic (exact) mass is 378 g/mol. The Balaban J connectivity index is 1.71. The van der Waals surface area contributed by atoms with Crippen LogP contribution in [0.3, 0.4) is 0 Å². The smallest absolute Gasteiger partial charge is 0.307 e. The number of carbonyl (C=O) groups excluding carboxylic acids is 2. The zero-order chi connectivity index (χ0) is 18.0. The summed E-state index contributed by atoms with van der Waals surface area (Å²) in [5, 5.41) is 0.839. The number of amides is 1. The third-order valence-corrected chi connectivity index (χ3v) is 5.95. The van der Waals surface area contributed by atoms with Crippen molar-refractivity contribution in [3.05, 3.63) is 48.0 Å². The molecule has 7 heteroatoms. The van der Waals surface area contributed by atoms with E-state index in [4.69, 9.17) is 16.3 Å². The Morgan fingerprint density at radius 1 is 1.44 bits per heavy atom. The summed E-state index contributed by atoms with van der Waals surface area (Å²) in [5.74, 6) is -0.285. The van der Waals surface area contributed by atoms with Crippen LogP contribution in [0, 0.1) is 0 Å². The van der Waals surface area contributed by atoms with Crippen LogP contribution in [-0.4, -0.2) is 52.3 Å². The summed E-state index contributed by atoms with van der Waals surface area (Å²) in [4.78, 5) is 30.5. The Kier molecular flexibility index (Phi) is 5.49. The minimum Gasteiger partial charge on any atom is -0.469 e. The molecule has 3 atom stereocenters. The molecule has 2 aliphatic heterocycles. The number of fused-ring (bicyclic) bond motifs is 1. The van der Waals surface area contributed by atoms with Crippen molar-refractivity contribution in [2.75, 3.05) is 13.0 Å². The van der Waals surface area contributed by atoms with E-state index >= 15 is 0 Å². The lowest BCUT2D eigenvalue weighted by molar-refractivity contribution is -0.149. The van der Waals surface area contributed by atoms with Crippen LogP contribution < -0.4 is 0 Å². The number of methoxy groups -OCH3 is 1. The van der Waals surface area contributed by atoms with Crippen LogP contribution >= 0.6 is 23.4 Å². The second kappa shape index (κ2) is 7.62. The number of rotatable bonds is 7. The lowest BCUT2D eigenvalue weighted by atomic mass is 9.97. The molecule has 1 fully saturated rings. The number of hydrogen-bond acceptors (Lipinski definition) is 5. The quantitative estimate of drug-likeness (QED) is 0.317. The van der Waals surface area contributed by atoms with Crippen molar-refractivity contribution in [1.29, 1.82) is 0 Å². The van der Waals surface area contributed by atoms with Crippen LogP contribution in [0.5, 0.6) is 0 Å². The van der Waals surface area contributed by atoms with Gasteiger partial charge in [0, 0.05) is 12.3 Å². The third-order valence-electron chi connectivity index (χ3n) is 4.36. The van der Waals surface area contributed by atoms with Crippen molar-refractivity contribution in [2.45, 2.75) is 30.3 Å². The van der Waals surface area contributed by atoms with Crippen LogP contribution in [0.25, 0.3) is 0 Å². The first-order valence-corrected chi connectivity index (χ1v) is 9.36. The molecule has 5 nitrogen and oxygen atoms in total. The molecule has 0 radical (unpaired) electrons. The molecule has 1 aromatic rings. The second-order valence-corrected chi connectivity index (χ2v) is 7.43. The molecule has 2 heterocycles. The van der Waals surface area contributed by atoms with Gasteiger partial charge in [0.1, 0.15) is 5.37 Å². The van der Waals surface area contributed by atoms with Gasteiger partial charge in [0.15, 0.2) is 6.04 Å². The molecule has 25 heavy (non-hydrogen) atoms. The molecule has 1 aromatic carbocycles. The van der Waals surface area contributed by atoms with Gasteiger partial charge in [-0.25, -0.2) is 0 Å². The Hall–Kier alpha value is -1.79. The summed E-state index contributed by atoms with van der Waals surface area (Å²) in [6.07, 6.45) is 0.767. The van der Waals surface area contributed by atoms with E-state index in [1.165, 1.54) is 7.11 Å². The van der Waals surface area contributed by atoms with Crippen molar-refractivity contribution in [1.82, 2.24) is 4.90 Å². The van der Waals surface area contributed by atoms with Crippen LogP contribution in [0.1, 0.15) is 12.0 Å². The molecule has 0 saturated carbocycles. The average molecular weight is 379 g/mol. The molecule has 0 aliphatic carbocycles. The highest BCUT2D eigenvalue weighted by molar-refractivity contribution is 8.14. The highest BCUT2D eigenvalue weighted by Crippen LogP contribution is 2.42. The van der Waals surface area contributed by atoms with Gasteiger partial charge in [-0.3, -0.25) is 14.6 Å². The number of likely N-dealkylation sites (tertiary alicyclic amines) is 1. The third kappa shape index (κ3) is 3.60. The highest BCUT2D eigenvalue weighted by Gasteiger charge is 2.55. The molecule has 3 unspecified atom stereocenters. The zero-order valence-corrected chi connectivity index (χ0v) is 15.4. The predicted molar refractivity (Wildman–Crippen MR) is 99.9 cm³/mol. The predicted octanol–water partition coefficient (Wildman–Crippen LogP) is 2.64. The van der Waals surface area contributed by atoms with Gasteiger partial charge in [-0.2, -0.15) is 0 Å². The number of ether oxygens (including phenoxy) is 1. The van der Waals surface area contributed by atoms with Gasteiger partial charge in [-0.15, -0.1) is 11.6 Å². The fraction of sp³-hybridized carbons (Fsp3) is 0.389. The van der Waals surface area contributed by atoms with Crippen molar-refractivity contribution in [3.8, 4) is 0 Å². The maximum Gasteiger partial charge on any atom is 0.307 e. The number of aliphatic imine (C=N–C) groups is 1. The van der Waals surface area contributed by atoms with Crippen LogP contribution in [0.4, 0.5) is 0 Å². The Morgan fingerprint density at radius 2 is 2.16 bits per heavy atom. The number of carbonyl (C=O) groups is 2. The summed E-state index contributed by atoms with van der Waals surface area (Å²) in [6.45, 7) is 3.92. The van der Waals surface area contributed by atoms with E-state index < -0.39 is 6.04 Å². The summed E-state index contributed by atoms with van der Waals surface area (Å²) in [7, 11) is 1.33. The minimum absolute atomic E-state index is 0.0611. The van der Waals surface area contributed by atoms with E-state index in [-0.39, 0.29) is 35.6 Å². The Bertz CT molecular complexity index is 722. The Labute approximate surface area is 156 Å². The molecule has 2 aliphatic rings. The summed E-state index contributed by atoms with van der Waals surface area (Å²) in [6, 6.07) is 9.20. The van der Waals surface area contributed by atoms with E-state index in [0.29, 0.717) is 12.0 Å². The van der Waals surface area contributed by atoms with Gasteiger partial charge >= 0.3 is 5.97 Å². The number of β-lactam (4-membered cyclic amide) rings is 1. The van der Waals surface area contributed by atoms with Gasteiger partial charge in [0.2, 0.25) is 0 Å². The first-order chi connectivity index (χ1) is 12.0. The molecule has 0 N–H and O–H groups in total. The van der Waals surface area contributed by atoms with E-state index in [1.54, 1.807) is 16.7 Å². The van der Waals surface area contributed by atoms with Gasteiger partial charge < -0.3 is 9.64 Å². The number of benzene rings is 1. The van der Waals surface area contributed by atoms with Crippen LogP contribution in [-0.2, 0) is 20.7 Å². The van der Waals surface area contributed by atoms with Gasteiger partial charge in [-0.05, 0) is 11.1 Å². The van der Waals surface area contributed by atoms with Crippen LogP contribution in [0.2, 0.25) is 0 Å². The fourth-order valence-electron chi connectivity index (χ4n) is 2.99. The zero-order valence-electron chi connectivity index (χ0n) is 13.9. The molecule has 1 saturated heterocycles. The first kappa shape index (κ1) is 18.0. The molecule has 0 bridgehead atoms. The topological polar surface area (TPSA) is 59.0 Å². The van der Waals surface area contributed by atoms with Crippen molar-refractivity contribution in [2.24, 2.45) is 4.99 Å².